The van der Waals surface area contributed by atoms with Gasteiger partial charge in [-0.2, -0.15) is 11.8 Å². The number of ether oxygens (including phenoxy) is 1. The van der Waals surface area contributed by atoms with E-state index in [9.17, 15) is 14.7 Å². The summed E-state index contributed by atoms with van der Waals surface area (Å²) in [6, 6.07) is -0.665. The molecule has 2 amide bonds. The Bertz CT molecular complexity index is 406. The predicted molar refractivity (Wildman–Crippen MR) is 74.9 cm³/mol. The molecule has 3 rings (SSSR count). The van der Waals surface area contributed by atoms with Gasteiger partial charge in [0.05, 0.1) is 18.8 Å². The van der Waals surface area contributed by atoms with Crippen LogP contribution in [0.15, 0.2) is 0 Å². The Hall–Kier alpha value is -0.950. The lowest BCUT2D eigenvalue weighted by Crippen LogP contribution is -2.60. The molecule has 1 N–H and O–H groups in total. The summed E-state index contributed by atoms with van der Waals surface area (Å²) in [7, 11) is 0. The van der Waals surface area contributed by atoms with Crippen LogP contribution in [0.5, 0.6) is 0 Å². The van der Waals surface area contributed by atoms with Crippen LogP contribution in [0, 0.1) is 0 Å². The van der Waals surface area contributed by atoms with Gasteiger partial charge in [0.2, 0.25) is 0 Å². The number of hydrogen-bond donors (Lipinski definition) is 1. The van der Waals surface area contributed by atoms with Crippen LogP contribution in [0.4, 0.5) is 4.79 Å². The standard InChI is InChI=1S/C13H20N2O4S/c16-12(17)10-8-20-7-5-15(10)13(18)14-4-6-19-11-3-1-2-9(11)14/h9-11H,1-8H2,(H,16,17). The highest BCUT2D eigenvalue weighted by Crippen LogP contribution is 2.31. The van der Waals surface area contributed by atoms with Crippen molar-refractivity contribution in [3.05, 3.63) is 0 Å². The van der Waals surface area contributed by atoms with Crippen molar-refractivity contribution in [3.63, 3.8) is 0 Å². The largest absolute Gasteiger partial charge is 0.480 e. The molecule has 20 heavy (non-hydrogen) atoms. The molecular weight excluding hydrogens is 280 g/mol. The fourth-order valence-corrected chi connectivity index (χ4v) is 4.40. The van der Waals surface area contributed by atoms with Crippen molar-refractivity contribution in [3.8, 4) is 0 Å². The molecule has 0 radical (unpaired) electrons. The third kappa shape index (κ3) is 2.48. The molecule has 0 aromatic carbocycles. The number of urea groups is 1. The first-order valence-corrected chi connectivity index (χ1v) is 8.33. The van der Waals surface area contributed by atoms with Gasteiger partial charge in [-0.05, 0) is 19.3 Å². The number of aliphatic carboxylic acids is 1. The highest BCUT2D eigenvalue weighted by atomic mass is 32.2. The highest BCUT2D eigenvalue weighted by molar-refractivity contribution is 7.99. The Kier molecular flexibility index (Phi) is 4.07. The van der Waals surface area contributed by atoms with Crippen LogP contribution in [0.2, 0.25) is 0 Å². The molecule has 0 aromatic rings. The molecule has 3 aliphatic rings. The molecule has 2 saturated heterocycles. The number of carbonyl (C=O) groups excluding carboxylic acids is 1. The molecule has 2 aliphatic heterocycles. The first-order chi connectivity index (χ1) is 9.68. The Balaban J connectivity index is 1.74. The Morgan fingerprint density at radius 2 is 2.05 bits per heavy atom. The van der Waals surface area contributed by atoms with Crippen LogP contribution in [0.1, 0.15) is 19.3 Å². The number of thioether (sulfide) groups is 1. The van der Waals surface area contributed by atoms with Crippen molar-refractivity contribution in [2.24, 2.45) is 0 Å². The fourth-order valence-electron chi connectivity index (χ4n) is 3.37. The third-order valence-corrected chi connectivity index (χ3v) is 5.41. The number of carboxylic acids is 1. The zero-order chi connectivity index (χ0) is 14.1. The van der Waals surface area contributed by atoms with Crippen molar-refractivity contribution >= 4 is 23.8 Å². The summed E-state index contributed by atoms with van der Waals surface area (Å²) >= 11 is 1.60. The van der Waals surface area contributed by atoms with Crippen molar-refractivity contribution in [2.75, 3.05) is 31.2 Å². The van der Waals surface area contributed by atoms with E-state index in [-0.39, 0.29) is 18.2 Å². The monoisotopic (exact) mass is 300 g/mol. The summed E-state index contributed by atoms with van der Waals surface area (Å²) in [4.78, 5) is 27.5. The van der Waals surface area contributed by atoms with E-state index in [1.165, 1.54) is 0 Å². The summed E-state index contributed by atoms with van der Waals surface area (Å²) < 4.78 is 5.71. The highest BCUT2D eigenvalue weighted by Gasteiger charge is 2.42. The fraction of sp³-hybridized carbons (Fsp3) is 0.846. The molecule has 1 saturated carbocycles. The van der Waals surface area contributed by atoms with Gasteiger partial charge in [-0.15, -0.1) is 0 Å². The van der Waals surface area contributed by atoms with Crippen LogP contribution >= 0.6 is 11.8 Å². The number of carboxylic acid groups (broad SMARTS) is 1. The molecule has 3 atom stereocenters. The van der Waals surface area contributed by atoms with Gasteiger partial charge in [0.25, 0.3) is 0 Å². The second-order valence-corrected chi connectivity index (χ2v) is 6.66. The van der Waals surface area contributed by atoms with E-state index in [0.717, 1.165) is 25.0 Å². The number of amides is 2. The van der Waals surface area contributed by atoms with Gasteiger partial charge in [0.15, 0.2) is 0 Å². The maximum Gasteiger partial charge on any atom is 0.327 e. The van der Waals surface area contributed by atoms with Crippen molar-refractivity contribution in [1.82, 2.24) is 9.80 Å². The molecule has 0 aromatic heterocycles. The van der Waals surface area contributed by atoms with E-state index in [0.29, 0.717) is 25.4 Å². The van der Waals surface area contributed by atoms with Gasteiger partial charge < -0.3 is 19.6 Å². The molecule has 0 bridgehead atoms. The average Bonchev–Trinajstić information content (AvgIpc) is 2.94. The summed E-state index contributed by atoms with van der Waals surface area (Å²) in [5.74, 6) is 0.398. The Morgan fingerprint density at radius 3 is 2.85 bits per heavy atom. The van der Waals surface area contributed by atoms with Crippen molar-refractivity contribution in [1.29, 1.82) is 0 Å². The van der Waals surface area contributed by atoms with E-state index in [2.05, 4.69) is 0 Å². The molecule has 7 heteroatoms. The lowest BCUT2D eigenvalue weighted by Gasteiger charge is -2.42. The van der Waals surface area contributed by atoms with Crippen LogP contribution in [-0.2, 0) is 9.53 Å². The summed E-state index contributed by atoms with van der Waals surface area (Å²) in [5, 5.41) is 9.29. The molecule has 112 valence electrons. The predicted octanol–water partition coefficient (Wildman–Crippen LogP) is 0.862. The zero-order valence-corrected chi connectivity index (χ0v) is 12.2. The number of hydrogen-bond acceptors (Lipinski definition) is 4. The molecule has 1 aliphatic carbocycles. The van der Waals surface area contributed by atoms with E-state index in [1.54, 1.807) is 16.7 Å². The minimum absolute atomic E-state index is 0.113. The molecule has 0 spiro atoms. The van der Waals surface area contributed by atoms with E-state index in [1.807, 2.05) is 4.90 Å². The lowest BCUT2D eigenvalue weighted by atomic mass is 10.1. The Labute approximate surface area is 122 Å². The quantitative estimate of drug-likeness (QED) is 0.778. The maximum absolute atomic E-state index is 12.7. The number of morpholine rings is 1. The molecule has 2 heterocycles. The van der Waals surface area contributed by atoms with Gasteiger partial charge in [0.1, 0.15) is 6.04 Å². The van der Waals surface area contributed by atoms with E-state index >= 15 is 0 Å². The zero-order valence-electron chi connectivity index (χ0n) is 11.4. The van der Waals surface area contributed by atoms with E-state index in [4.69, 9.17) is 4.74 Å². The topological polar surface area (TPSA) is 70.1 Å². The number of nitrogens with zero attached hydrogens (tertiary/aromatic N) is 2. The van der Waals surface area contributed by atoms with Gasteiger partial charge in [-0.3, -0.25) is 0 Å². The van der Waals surface area contributed by atoms with Crippen LogP contribution in [0.25, 0.3) is 0 Å². The maximum atomic E-state index is 12.7. The van der Waals surface area contributed by atoms with Crippen molar-refractivity contribution < 1.29 is 19.4 Å². The SMILES string of the molecule is O=C(O)C1CSCCN1C(=O)N1CCOC2CCCC21. The third-order valence-electron chi connectivity index (χ3n) is 4.39. The second kappa shape index (κ2) is 5.81. The summed E-state index contributed by atoms with van der Waals surface area (Å²) in [6.07, 6.45) is 3.20. The summed E-state index contributed by atoms with van der Waals surface area (Å²) in [5.41, 5.74) is 0. The smallest absolute Gasteiger partial charge is 0.327 e. The van der Waals surface area contributed by atoms with Crippen LogP contribution in [-0.4, -0.2) is 76.3 Å². The average molecular weight is 300 g/mol. The lowest BCUT2D eigenvalue weighted by molar-refractivity contribution is -0.141. The molecule has 6 nitrogen and oxygen atoms in total. The van der Waals surface area contributed by atoms with E-state index < -0.39 is 12.0 Å². The Morgan fingerprint density at radius 1 is 1.20 bits per heavy atom. The first kappa shape index (κ1) is 14.0. The number of carbonyl (C=O) groups is 2. The second-order valence-electron chi connectivity index (χ2n) is 5.51. The number of fused-ring (bicyclic) bond motifs is 1. The van der Waals surface area contributed by atoms with Crippen molar-refractivity contribution in [2.45, 2.75) is 37.5 Å². The van der Waals surface area contributed by atoms with Gasteiger partial charge in [-0.1, -0.05) is 0 Å². The van der Waals surface area contributed by atoms with Gasteiger partial charge in [0, 0.05) is 24.6 Å². The van der Waals surface area contributed by atoms with Crippen LogP contribution < -0.4 is 0 Å². The normalized spacial score (nSPS) is 33.9. The molecule has 3 fully saturated rings. The number of rotatable bonds is 1. The molecular formula is C13H20N2O4S. The minimum Gasteiger partial charge on any atom is -0.480 e. The van der Waals surface area contributed by atoms with Gasteiger partial charge in [-0.25, -0.2) is 9.59 Å². The first-order valence-electron chi connectivity index (χ1n) is 7.18. The van der Waals surface area contributed by atoms with Crippen LogP contribution in [0.3, 0.4) is 0 Å². The van der Waals surface area contributed by atoms with Gasteiger partial charge >= 0.3 is 12.0 Å². The molecule has 3 unspecified atom stereocenters. The minimum atomic E-state index is -0.901. The summed E-state index contributed by atoms with van der Waals surface area (Å²) in [6.45, 7) is 1.67.